The van der Waals surface area contributed by atoms with Gasteiger partial charge >= 0.3 is 5.97 Å². The predicted octanol–water partition coefficient (Wildman–Crippen LogP) is 5.41. The average molecular weight is 442 g/mol. The summed E-state index contributed by atoms with van der Waals surface area (Å²) >= 11 is 0. The fourth-order valence-electron chi connectivity index (χ4n) is 3.56. The predicted molar refractivity (Wildman–Crippen MR) is 125 cm³/mol. The van der Waals surface area contributed by atoms with Crippen molar-refractivity contribution in [1.82, 2.24) is 4.72 Å². The van der Waals surface area contributed by atoms with Crippen molar-refractivity contribution in [3.8, 4) is 11.1 Å². The highest BCUT2D eigenvalue weighted by Crippen LogP contribution is 2.50. The number of sulfonamides is 1. The van der Waals surface area contributed by atoms with Gasteiger partial charge in [0.05, 0.1) is 4.90 Å². The molecule has 2 aromatic carbocycles. The van der Waals surface area contributed by atoms with Crippen molar-refractivity contribution in [2.75, 3.05) is 0 Å². The van der Waals surface area contributed by atoms with E-state index in [2.05, 4.69) is 4.72 Å². The number of carboxylic acid groups (broad SMARTS) is 1. The highest BCUT2D eigenvalue weighted by Gasteiger charge is 2.63. The van der Waals surface area contributed by atoms with Crippen LogP contribution in [-0.2, 0) is 14.8 Å². The third-order valence-electron chi connectivity index (χ3n) is 5.29. The van der Waals surface area contributed by atoms with Crippen molar-refractivity contribution in [3.63, 3.8) is 0 Å². The Morgan fingerprint density at radius 2 is 1.68 bits per heavy atom. The fourth-order valence-corrected chi connectivity index (χ4v) is 4.96. The van der Waals surface area contributed by atoms with Crippen molar-refractivity contribution in [2.45, 2.75) is 51.0 Å². The number of benzene rings is 2. The van der Waals surface area contributed by atoms with Gasteiger partial charge < -0.3 is 5.11 Å². The quantitative estimate of drug-likeness (QED) is 0.536. The molecule has 0 amide bonds. The number of allylic oxidation sites excluding steroid dienone is 3. The maximum absolute atomic E-state index is 12.9. The first-order valence-electron chi connectivity index (χ1n) is 10.6. The first-order chi connectivity index (χ1) is 14.8. The molecule has 1 aliphatic carbocycles. The summed E-state index contributed by atoms with van der Waals surface area (Å²) in [4.78, 5) is 12.0. The molecule has 1 aliphatic rings. The smallest absolute Gasteiger partial charge is 0.325 e. The van der Waals surface area contributed by atoms with Crippen LogP contribution in [0.4, 0.5) is 0 Å². The van der Waals surface area contributed by atoms with Crippen LogP contribution in [0.5, 0.6) is 0 Å². The first kappa shape index (κ1) is 24.6. The zero-order valence-electron chi connectivity index (χ0n) is 18.5. The van der Waals surface area contributed by atoms with Crippen molar-refractivity contribution in [3.05, 3.63) is 78.4 Å². The fraction of sp³-hybridized carbons (Fsp3) is 0.320. The van der Waals surface area contributed by atoms with E-state index < -0.39 is 21.5 Å². The standard InChI is InChI=1S/C23H25NO4S.C2H6/c1-3-5-9-17(4-2)21-16-23(21,22(25)26)24-29(27,28)20-14-12-19(13-15-20)18-10-7-6-8-11-18;1-2/h3,5-15,21,24H,4,16H2,1-2H3,(H,25,26);1-2H3/b5-3-,17-9+;. The van der Waals surface area contributed by atoms with E-state index in [1.165, 1.54) is 12.1 Å². The Bertz CT molecular complexity index is 1040. The molecule has 0 spiro atoms. The van der Waals surface area contributed by atoms with Gasteiger partial charge in [-0.1, -0.05) is 87.0 Å². The van der Waals surface area contributed by atoms with E-state index in [-0.39, 0.29) is 17.2 Å². The Balaban J connectivity index is 0.00000166. The van der Waals surface area contributed by atoms with Gasteiger partial charge in [0.2, 0.25) is 10.0 Å². The average Bonchev–Trinajstić information content (AvgIpc) is 3.51. The molecular formula is C25H31NO4S. The van der Waals surface area contributed by atoms with Crippen molar-refractivity contribution >= 4 is 16.0 Å². The van der Waals surface area contributed by atoms with Crippen LogP contribution in [0.1, 0.15) is 40.5 Å². The number of aliphatic carboxylic acids is 1. The summed E-state index contributed by atoms with van der Waals surface area (Å²) in [5.74, 6) is -1.49. The van der Waals surface area contributed by atoms with Gasteiger partial charge in [-0.25, -0.2) is 8.42 Å². The van der Waals surface area contributed by atoms with E-state index in [9.17, 15) is 18.3 Å². The second-order valence-corrected chi connectivity index (χ2v) is 8.83. The molecule has 0 aliphatic heterocycles. The summed E-state index contributed by atoms with van der Waals surface area (Å²) in [6, 6.07) is 16.1. The summed E-state index contributed by atoms with van der Waals surface area (Å²) in [5.41, 5.74) is 1.31. The Morgan fingerprint density at radius 3 is 2.19 bits per heavy atom. The Kier molecular flexibility index (Phi) is 8.36. The molecule has 0 heterocycles. The summed E-state index contributed by atoms with van der Waals surface area (Å²) in [7, 11) is -3.97. The Hall–Kier alpha value is -2.70. The number of nitrogens with one attached hydrogen (secondary N) is 1. The van der Waals surface area contributed by atoms with Crippen LogP contribution in [0.15, 0.2) is 83.3 Å². The molecule has 6 heteroatoms. The lowest BCUT2D eigenvalue weighted by Gasteiger charge is -2.16. The molecule has 166 valence electrons. The molecule has 31 heavy (non-hydrogen) atoms. The minimum atomic E-state index is -3.97. The lowest BCUT2D eigenvalue weighted by molar-refractivity contribution is -0.140. The molecule has 3 rings (SSSR count). The highest BCUT2D eigenvalue weighted by atomic mass is 32.2. The van der Waals surface area contributed by atoms with E-state index in [4.69, 9.17) is 0 Å². The normalized spacial score (nSPS) is 20.8. The van der Waals surface area contributed by atoms with Crippen LogP contribution >= 0.6 is 0 Å². The Labute approximate surface area is 185 Å². The molecule has 0 aromatic heterocycles. The minimum absolute atomic E-state index is 0.0546. The summed E-state index contributed by atoms with van der Waals surface area (Å²) in [6.45, 7) is 7.82. The van der Waals surface area contributed by atoms with Gasteiger partial charge in [-0.3, -0.25) is 4.79 Å². The Morgan fingerprint density at radius 1 is 1.10 bits per heavy atom. The van der Waals surface area contributed by atoms with E-state index in [0.717, 1.165) is 16.7 Å². The molecule has 2 aromatic rings. The van der Waals surface area contributed by atoms with E-state index >= 15 is 0 Å². The van der Waals surface area contributed by atoms with Gasteiger partial charge in [-0.05, 0) is 43.0 Å². The van der Waals surface area contributed by atoms with Crippen molar-refractivity contribution in [1.29, 1.82) is 0 Å². The van der Waals surface area contributed by atoms with Crippen LogP contribution in [0.25, 0.3) is 11.1 Å². The molecular weight excluding hydrogens is 410 g/mol. The molecule has 0 saturated heterocycles. The largest absolute Gasteiger partial charge is 0.480 e. The van der Waals surface area contributed by atoms with E-state index in [0.29, 0.717) is 6.42 Å². The van der Waals surface area contributed by atoms with Crippen LogP contribution in [-0.4, -0.2) is 25.0 Å². The van der Waals surface area contributed by atoms with Crippen LogP contribution < -0.4 is 4.72 Å². The lowest BCUT2D eigenvalue weighted by atomic mass is 10.0. The van der Waals surface area contributed by atoms with Crippen LogP contribution in [0.2, 0.25) is 0 Å². The highest BCUT2D eigenvalue weighted by molar-refractivity contribution is 7.89. The summed E-state index contributed by atoms with van der Waals surface area (Å²) in [5, 5.41) is 9.77. The SMILES string of the molecule is C/C=C\C=C(/CC)C1CC1(NS(=O)(=O)c1ccc(-c2ccccc2)cc1)C(=O)O.CC. The first-order valence-corrected chi connectivity index (χ1v) is 12.1. The second-order valence-electron chi connectivity index (χ2n) is 7.15. The van der Waals surface area contributed by atoms with Gasteiger partial charge in [0.15, 0.2) is 0 Å². The maximum Gasteiger partial charge on any atom is 0.325 e. The number of rotatable bonds is 8. The van der Waals surface area contributed by atoms with Gasteiger partial charge in [-0.2, -0.15) is 4.72 Å². The van der Waals surface area contributed by atoms with Crippen LogP contribution in [0, 0.1) is 5.92 Å². The van der Waals surface area contributed by atoms with E-state index in [1.807, 2.05) is 76.3 Å². The molecule has 2 unspecified atom stereocenters. The monoisotopic (exact) mass is 441 g/mol. The van der Waals surface area contributed by atoms with Gasteiger partial charge in [0, 0.05) is 5.92 Å². The van der Waals surface area contributed by atoms with Crippen molar-refractivity contribution in [2.24, 2.45) is 5.92 Å². The third-order valence-corrected chi connectivity index (χ3v) is 6.82. The number of carboxylic acids is 1. The number of hydrogen-bond acceptors (Lipinski definition) is 3. The molecule has 0 radical (unpaired) electrons. The maximum atomic E-state index is 12.9. The summed E-state index contributed by atoms with van der Waals surface area (Å²) in [6.07, 6.45) is 6.50. The zero-order valence-corrected chi connectivity index (χ0v) is 19.3. The number of hydrogen-bond donors (Lipinski definition) is 2. The number of carbonyl (C=O) groups is 1. The molecule has 0 bridgehead atoms. The van der Waals surface area contributed by atoms with Crippen LogP contribution in [0.3, 0.4) is 0 Å². The molecule has 1 saturated carbocycles. The summed E-state index contributed by atoms with van der Waals surface area (Å²) < 4.78 is 28.3. The third kappa shape index (κ3) is 5.51. The van der Waals surface area contributed by atoms with Gasteiger partial charge in [0.1, 0.15) is 5.54 Å². The second kappa shape index (κ2) is 10.6. The molecule has 1 fully saturated rings. The van der Waals surface area contributed by atoms with E-state index in [1.54, 1.807) is 12.1 Å². The van der Waals surface area contributed by atoms with Crippen molar-refractivity contribution < 1.29 is 18.3 Å². The van der Waals surface area contributed by atoms with Gasteiger partial charge in [0.25, 0.3) is 0 Å². The van der Waals surface area contributed by atoms with Gasteiger partial charge in [-0.15, -0.1) is 0 Å². The topological polar surface area (TPSA) is 83.5 Å². The molecule has 5 nitrogen and oxygen atoms in total. The molecule has 2 atom stereocenters. The minimum Gasteiger partial charge on any atom is -0.480 e. The zero-order chi connectivity index (χ0) is 23.1. The molecule has 2 N–H and O–H groups in total. The lowest BCUT2D eigenvalue weighted by Crippen LogP contribution is -2.45.